The molecule has 0 aliphatic carbocycles. The third-order valence-corrected chi connectivity index (χ3v) is 8.12. The highest BCUT2D eigenvalue weighted by atomic mass is 32.2. The Kier molecular flexibility index (Phi) is 10.5. The van der Waals surface area contributed by atoms with Crippen molar-refractivity contribution in [3.05, 3.63) is 70.3 Å². The molecule has 0 spiro atoms. The van der Waals surface area contributed by atoms with Crippen molar-refractivity contribution in [3.63, 3.8) is 0 Å². The Labute approximate surface area is 245 Å². The van der Waals surface area contributed by atoms with Crippen molar-refractivity contribution in [2.45, 2.75) is 62.8 Å². The quantitative estimate of drug-likeness (QED) is 0.134. The number of carbonyl (C=O) groups excluding carboxylic acids is 1. The Balaban J connectivity index is 2.03. The maximum Gasteiger partial charge on any atom is 0.410 e. The number of ether oxygens (including phenoxy) is 1. The lowest BCUT2D eigenvalue weighted by atomic mass is 9.99. The van der Waals surface area contributed by atoms with Gasteiger partial charge >= 0.3 is 6.09 Å². The minimum atomic E-state index is -4.57. The van der Waals surface area contributed by atoms with E-state index >= 15 is 0 Å². The van der Waals surface area contributed by atoms with Crippen LogP contribution in [0.3, 0.4) is 0 Å². The molecule has 41 heavy (non-hydrogen) atoms. The molecule has 2 atom stereocenters. The number of nitro groups is 1. The van der Waals surface area contributed by atoms with E-state index < -0.39 is 49.3 Å². The summed E-state index contributed by atoms with van der Waals surface area (Å²) in [6, 6.07) is 12.4. The molecule has 12 nitrogen and oxygen atoms in total. The first kappa shape index (κ1) is 32.1. The van der Waals surface area contributed by atoms with Crippen molar-refractivity contribution >= 4 is 45.3 Å². The fourth-order valence-electron chi connectivity index (χ4n) is 4.17. The van der Waals surface area contributed by atoms with Crippen molar-refractivity contribution < 1.29 is 27.7 Å². The predicted octanol–water partition coefficient (Wildman–Crippen LogP) is 4.40. The number of piperidine rings is 1. The van der Waals surface area contributed by atoms with E-state index in [9.17, 15) is 23.3 Å². The van der Waals surface area contributed by atoms with E-state index in [2.05, 4.69) is 4.99 Å². The maximum absolute atomic E-state index is 14.0. The van der Waals surface area contributed by atoms with Crippen LogP contribution in [-0.2, 0) is 26.2 Å². The van der Waals surface area contributed by atoms with Gasteiger partial charge in [0.1, 0.15) is 10.6 Å². The molecule has 0 bridgehead atoms. The third-order valence-electron chi connectivity index (χ3n) is 5.96. The van der Waals surface area contributed by atoms with E-state index in [0.717, 1.165) is 16.6 Å². The van der Waals surface area contributed by atoms with Crippen molar-refractivity contribution in [3.8, 4) is 0 Å². The first-order valence-corrected chi connectivity index (χ1v) is 14.7. The summed E-state index contributed by atoms with van der Waals surface area (Å²) in [5, 5.41) is 11.7. The SMILES string of the molecule is CN(C)/C=N/C(=S)C1CCC(N(OCc2ccccc2)S(=O)(=O)c2ccccc2[N+](=O)[O-])CN1C(=O)OC(C)(C)C. The lowest BCUT2D eigenvalue weighted by molar-refractivity contribution is -0.388. The van der Waals surface area contributed by atoms with E-state index in [4.69, 9.17) is 21.8 Å². The number of rotatable bonds is 9. The monoisotopic (exact) mass is 605 g/mol. The van der Waals surface area contributed by atoms with Crippen LogP contribution in [0.5, 0.6) is 0 Å². The number of aliphatic imine (C=N–C) groups is 1. The van der Waals surface area contributed by atoms with Crippen LogP contribution in [0.1, 0.15) is 39.2 Å². The molecule has 1 aliphatic heterocycles. The Morgan fingerprint density at radius 2 is 1.78 bits per heavy atom. The maximum atomic E-state index is 14.0. The summed E-state index contributed by atoms with van der Waals surface area (Å²) in [7, 11) is -1.00. The molecule has 1 aliphatic rings. The Morgan fingerprint density at radius 3 is 2.39 bits per heavy atom. The molecular formula is C27H35N5O7S2. The number of likely N-dealkylation sites (tertiary alicyclic amines) is 1. The highest BCUT2D eigenvalue weighted by molar-refractivity contribution is 7.89. The first-order valence-electron chi connectivity index (χ1n) is 12.9. The number of hydrogen-bond acceptors (Lipinski definition) is 8. The van der Waals surface area contributed by atoms with Crippen LogP contribution in [0.4, 0.5) is 10.5 Å². The van der Waals surface area contributed by atoms with Crippen LogP contribution >= 0.6 is 12.2 Å². The molecule has 3 rings (SSSR count). The molecule has 1 saturated heterocycles. The fraction of sp³-hybridized carbons (Fsp3) is 0.444. The van der Waals surface area contributed by atoms with Crippen molar-refractivity contribution in [1.29, 1.82) is 0 Å². The molecule has 14 heteroatoms. The molecule has 0 radical (unpaired) electrons. The summed E-state index contributed by atoms with van der Waals surface area (Å²) in [6.07, 6.45) is 1.32. The van der Waals surface area contributed by atoms with Crippen molar-refractivity contribution in [2.24, 2.45) is 4.99 Å². The number of hydrogen-bond donors (Lipinski definition) is 0. The number of sulfonamides is 1. The first-order chi connectivity index (χ1) is 19.2. The van der Waals surface area contributed by atoms with Crippen LogP contribution in [-0.4, -0.2) is 83.4 Å². The minimum absolute atomic E-state index is 0.126. The highest BCUT2D eigenvalue weighted by Gasteiger charge is 2.44. The number of nitrogens with zero attached hydrogens (tertiary/aromatic N) is 5. The van der Waals surface area contributed by atoms with Gasteiger partial charge in [-0.1, -0.05) is 59.2 Å². The predicted molar refractivity (Wildman–Crippen MR) is 158 cm³/mol. The summed E-state index contributed by atoms with van der Waals surface area (Å²) in [4.78, 5) is 37.3. The molecule has 1 fully saturated rings. The van der Waals surface area contributed by atoms with Gasteiger partial charge in [0.05, 0.1) is 30.0 Å². The van der Waals surface area contributed by atoms with Crippen molar-refractivity contribution in [2.75, 3.05) is 20.6 Å². The molecule has 2 aromatic carbocycles. The summed E-state index contributed by atoms with van der Waals surface area (Å²) < 4.78 is 34.4. The second-order valence-corrected chi connectivity index (χ2v) is 12.8. The van der Waals surface area contributed by atoms with Gasteiger partial charge in [-0.3, -0.25) is 19.9 Å². The summed E-state index contributed by atoms with van der Waals surface area (Å²) in [5.41, 5.74) is -0.728. The molecule has 2 unspecified atom stereocenters. The summed E-state index contributed by atoms with van der Waals surface area (Å²) in [5.74, 6) is 0. The number of hydroxylamine groups is 1. The van der Waals surface area contributed by atoms with Gasteiger partial charge in [-0.25, -0.2) is 18.2 Å². The number of nitro benzene ring substituents is 1. The molecule has 0 N–H and O–H groups in total. The standard InChI is InChI=1S/C27H35N5O7S2/c1-27(2,3)39-26(33)30-17-21(15-16-23(30)25(40)28-19-29(4)5)32(38-18-20-11-7-6-8-12-20)41(36,37)24-14-10-9-13-22(24)31(34)35/h6-14,19,21,23H,15-18H2,1-5H3/b28-19+. The molecule has 1 heterocycles. The second-order valence-electron chi connectivity index (χ2n) is 10.7. The number of thiocarbonyl (C=S) groups is 1. The molecule has 0 aromatic heterocycles. The summed E-state index contributed by atoms with van der Waals surface area (Å²) >= 11 is 5.53. The smallest absolute Gasteiger partial charge is 0.410 e. The molecule has 1 amide bonds. The minimum Gasteiger partial charge on any atom is -0.444 e. The zero-order valence-corrected chi connectivity index (χ0v) is 25.3. The van der Waals surface area contributed by atoms with Crippen LogP contribution < -0.4 is 0 Å². The highest BCUT2D eigenvalue weighted by Crippen LogP contribution is 2.32. The Bertz CT molecular complexity index is 1380. The number of carbonyl (C=O) groups is 1. The Hall–Kier alpha value is -3.46. The summed E-state index contributed by atoms with van der Waals surface area (Å²) in [6.45, 7) is 4.89. The van der Waals surface area contributed by atoms with E-state index in [1.807, 2.05) is 6.07 Å². The topological polar surface area (TPSA) is 135 Å². The van der Waals surface area contributed by atoms with Gasteiger partial charge in [0.2, 0.25) is 0 Å². The third kappa shape index (κ3) is 8.52. The normalized spacial score (nSPS) is 18.0. The van der Waals surface area contributed by atoms with Crippen LogP contribution in [0.25, 0.3) is 0 Å². The Morgan fingerprint density at radius 1 is 1.15 bits per heavy atom. The zero-order valence-electron chi connectivity index (χ0n) is 23.7. The fourth-order valence-corrected chi connectivity index (χ4v) is 6.07. The number of amides is 1. The van der Waals surface area contributed by atoms with Crippen molar-refractivity contribution in [1.82, 2.24) is 14.3 Å². The van der Waals surface area contributed by atoms with Gasteiger partial charge in [0, 0.05) is 26.7 Å². The van der Waals surface area contributed by atoms with Gasteiger partial charge in [0.25, 0.3) is 15.7 Å². The molecular weight excluding hydrogens is 570 g/mol. The molecule has 222 valence electrons. The molecule has 2 aromatic rings. The average molecular weight is 606 g/mol. The lowest BCUT2D eigenvalue weighted by Crippen LogP contribution is -2.57. The van der Waals surface area contributed by atoms with Gasteiger partial charge < -0.3 is 9.64 Å². The van der Waals surface area contributed by atoms with E-state index in [1.165, 1.54) is 23.4 Å². The van der Waals surface area contributed by atoms with E-state index in [-0.39, 0.29) is 31.0 Å². The zero-order chi connectivity index (χ0) is 30.4. The van der Waals surface area contributed by atoms with Gasteiger partial charge in [-0.2, -0.15) is 0 Å². The van der Waals surface area contributed by atoms with E-state index in [0.29, 0.717) is 5.56 Å². The number of benzene rings is 2. The molecule has 0 saturated carbocycles. The van der Waals surface area contributed by atoms with Gasteiger partial charge in [-0.15, -0.1) is 0 Å². The lowest BCUT2D eigenvalue weighted by Gasteiger charge is -2.42. The average Bonchev–Trinajstić information content (AvgIpc) is 2.91. The van der Waals surface area contributed by atoms with Crippen LogP contribution in [0.15, 0.2) is 64.5 Å². The van der Waals surface area contributed by atoms with Gasteiger partial charge in [0.15, 0.2) is 4.90 Å². The largest absolute Gasteiger partial charge is 0.444 e. The second kappa shape index (κ2) is 13.5. The van der Waals surface area contributed by atoms with E-state index in [1.54, 1.807) is 64.0 Å². The van der Waals surface area contributed by atoms with Crippen LogP contribution in [0, 0.1) is 10.1 Å². The van der Waals surface area contributed by atoms with Crippen LogP contribution in [0.2, 0.25) is 0 Å². The number of para-hydroxylation sites is 1. The van der Waals surface area contributed by atoms with Gasteiger partial charge in [-0.05, 0) is 45.2 Å².